The molecule has 2 aliphatic rings. The van der Waals surface area contributed by atoms with Crippen molar-refractivity contribution >= 4 is 0 Å². The smallest absolute Gasteiger partial charge is 0.217 e. The highest BCUT2D eigenvalue weighted by molar-refractivity contribution is 5.33. The summed E-state index contributed by atoms with van der Waals surface area (Å²) >= 11 is 0. The van der Waals surface area contributed by atoms with E-state index in [4.69, 9.17) is 4.74 Å². The fraction of sp³-hybridized carbons (Fsp3) is 0.545. The Morgan fingerprint density at radius 1 is 1.36 bits per heavy atom. The van der Waals surface area contributed by atoms with Gasteiger partial charge in [0.2, 0.25) is 5.88 Å². The Hall–Kier alpha value is -1.09. The molecule has 0 unspecified atom stereocenters. The van der Waals surface area contributed by atoms with Gasteiger partial charge in [-0.15, -0.1) is 0 Å². The Balaban J connectivity index is 1.89. The van der Waals surface area contributed by atoms with Crippen LogP contribution in [-0.4, -0.2) is 23.7 Å². The van der Waals surface area contributed by atoms with E-state index in [9.17, 15) is 0 Å². The molecule has 1 saturated heterocycles. The molecule has 3 nitrogen and oxygen atoms in total. The first kappa shape index (κ1) is 8.24. The quantitative estimate of drug-likeness (QED) is 0.666. The molecule has 0 bridgehead atoms. The largest absolute Gasteiger partial charge is 0.470 e. The molecule has 3 heterocycles. The second-order valence-corrected chi connectivity index (χ2v) is 4.18. The number of ether oxygens (including phenoxy) is 1. The normalized spacial score (nSPS) is 23.1. The van der Waals surface area contributed by atoms with Gasteiger partial charge in [0.1, 0.15) is 5.60 Å². The SMILES string of the molecule is c1cnc2c(c1)CC1(CCNCC1)O2. The van der Waals surface area contributed by atoms with Crippen molar-refractivity contribution in [1.82, 2.24) is 10.3 Å². The van der Waals surface area contributed by atoms with E-state index >= 15 is 0 Å². The summed E-state index contributed by atoms with van der Waals surface area (Å²) in [4.78, 5) is 4.27. The first-order valence-electron chi connectivity index (χ1n) is 5.22. The Morgan fingerprint density at radius 2 is 2.21 bits per heavy atom. The number of pyridine rings is 1. The van der Waals surface area contributed by atoms with Crippen LogP contribution in [0.4, 0.5) is 0 Å². The highest BCUT2D eigenvalue weighted by Crippen LogP contribution is 2.37. The summed E-state index contributed by atoms with van der Waals surface area (Å²) in [5.74, 6) is 0.856. The summed E-state index contributed by atoms with van der Waals surface area (Å²) in [6.45, 7) is 2.13. The van der Waals surface area contributed by atoms with Crippen molar-refractivity contribution < 1.29 is 4.74 Å². The van der Waals surface area contributed by atoms with Gasteiger partial charge in [0.15, 0.2) is 0 Å². The summed E-state index contributed by atoms with van der Waals surface area (Å²) in [6, 6.07) is 4.11. The van der Waals surface area contributed by atoms with Crippen molar-refractivity contribution in [2.45, 2.75) is 24.9 Å². The highest BCUT2D eigenvalue weighted by Gasteiger charge is 2.40. The number of piperidine rings is 1. The molecule has 0 atom stereocenters. The first-order valence-corrected chi connectivity index (χ1v) is 5.22. The lowest BCUT2D eigenvalue weighted by atomic mass is 9.88. The third kappa shape index (κ3) is 1.20. The van der Waals surface area contributed by atoms with E-state index in [0.717, 1.165) is 38.2 Å². The molecule has 1 N–H and O–H groups in total. The number of rotatable bonds is 0. The van der Waals surface area contributed by atoms with Crippen LogP contribution in [0.5, 0.6) is 5.88 Å². The van der Waals surface area contributed by atoms with Crippen molar-refractivity contribution in [2.75, 3.05) is 13.1 Å². The van der Waals surface area contributed by atoms with Crippen molar-refractivity contribution in [3.8, 4) is 5.88 Å². The summed E-state index contributed by atoms with van der Waals surface area (Å²) < 4.78 is 5.98. The van der Waals surface area contributed by atoms with Gasteiger partial charge in [0, 0.05) is 31.0 Å². The zero-order valence-corrected chi connectivity index (χ0v) is 8.12. The minimum Gasteiger partial charge on any atom is -0.470 e. The third-order valence-corrected chi connectivity index (χ3v) is 3.19. The second kappa shape index (κ2) is 2.95. The fourth-order valence-corrected chi connectivity index (χ4v) is 2.40. The Bertz CT molecular complexity index is 318. The number of aromatic nitrogens is 1. The van der Waals surface area contributed by atoms with Gasteiger partial charge in [0.05, 0.1) is 0 Å². The summed E-state index contributed by atoms with van der Waals surface area (Å²) in [5, 5.41) is 3.36. The fourth-order valence-electron chi connectivity index (χ4n) is 2.40. The second-order valence-electron chi connectivity index (χ2n) is 4.18. The van der Waals surface area contributed by atoms with Gasteiger partial charge in [-0.3, -0.25) is 0 Å². The standard InChI is InChI=1S/C11H14N2O/c1-2-9-8-11(3-6-12-7-4-11)14-10(9)13-5-1/h1-2,5,12H,3-4,6-8H2. The first-order chi connectivity index (χ1) is 6.88. The molecule has 1 spiro atoms. The molecule has 14 heavy (non-hydrogen) atoms. The molecule has 1 fully saturated rings. The average Bonchev–Trinajstić information content (AvgIpc) is 2.56. The lowest BCUT2D eigenvalue weighted by Gasteiger charge is -2.32. The van der Waals surface area contributed by atoms with E-state index in [1.807, 2.05) is 6.07 Å². The molecule has 0 aliphatic carbocycles. The molecule has 74 valence electrons. The minimum atomic E-state index is 0.0575. The third-order valence-electron chi connectivity index (χ3n) is 3.19. The zero-order valence-electron chi connectivity index (χ0n) is 8.12. The maximum Gasteiger partial charge on any atom is 0.217 e. The van der Waals surface area contributed by atoms with Crippen LogP contribution in [0.2, 0.25) is 0 Å². The van der Waals surface area contributed by atoms with E-state index in [-0.39, 0.29) is 5.60 Å². The Kier molecular flexibility index (Phi) is 1.74. The maximum absolute atomic E-state index is 5.98. The van der Waals surface area contributed by atoms with Gasteiger partial charge < -0.3 is 10.1 Å². The molecule has 0 amide bonds. The zero-order chi connectivity index (χ0) is 9.43. The van der Waals surface area contributed by atoms with Crippen molar-refractivity contribution in [3.05, 3.63) is 23.9 Å². The van der Waals surface area contributed by atoms with Crippen LogP contribution in [0, 0.1) is 0 Å². The van der Waals surface area contributed by atoms with Crippen molar-refractivity contribution in [2.24, 2.45) is 0 Å². The molecule has 0 radical (unpaired) electrons. The maximum atomic E-state index is 5.98. The van der Waals surface area contributed by atoms with Crippen LogP contribution < -0.4 is 10.1 Å². The van der Waals surface area contributed by atoms with Gasteiger partial charge in [-0.1, -0.05) is 6.07 Å². The number of hydrogen-bond donors (Lipinski definition) is 1. The lowest BCUT2D eigenvalue weighted by molar-refractivity contribution is 0.0562. The molecule has 1 aromatic rings. The summed E-state index contributed by atoms with van der Waals surface area (Å²) in [7, 11) is 0. The highest BCUT2D eigenvalue weighted by atomic mass is 16.5. The molecule has 1 aromatic heterocycles. The van der Waals surface area contributed by atoms with E-state index in [1.54, 1.807) is 6.20 Å². The molecule has 3 heteroatoms. The Morgan fingerprint density at radius 3 is 3.00 bits per heavy atom. The molecule has 3 rings (SSSR count). The van der Waals surface area contributed by atoms with Crippen LogP contribution in [0.3, 0.4) is 0 Å². The van der Waals surface area contributed by atoms with Gasteiger partial charge in [-0.05, 0) is 19.2 Å². The minimum absolute atomic E-state index is 0.0575. The van der Waals surface area contributed by atoms with Gasteiger partial charge in [-0.25, -0.2) is 4.98 Å². The molecule has 0 aromatic carbocycles. The predicted molar refractivity (Wildman–Crippen MR) is 53.4 cm³/mol. The van der Waals surface area contributed by atoms with Crippen LogP contribution in [0.1, 0.15) is 18.4 Å². The van der Waals surface area contributed by atoms with Gasteiger partial charge >= 0.3 is 0 Å². The van der Waals surface area contributed by atoms with Gasteiger partial charge in [0.25, 0.3) is 0 Å². The van der Waals surface area contributed by atoms with Crippen molar-refractivity contribution in [1.29, 1.82) is 0 Å². The number of hydrogen-bond acceptors (Lipinski definition) is 3. The van der Waals surface area contributed by atoms with E-state index in [2.05, 4.69) is 16.4 Å². The van der Waals surface area contributed by atoms with E-state index in [1.165, 1.54) is 5.56 Å². The van der Waals surface area contributed by atoms with Crippen LogP contribution in [0.15, 0.2) is 18.3 Å². The molecular weight excluding hydrogens is 176 g/mol. The van der Waals surface area contributed by atoms with E-state index < -0.39 is 0 Å². The number of fused-ring (bicyclic) bond motifs is 1. The molecule has 0 saturated carbocycles. The van der Waals surface area contributed by atoms with Crippen molar-refractivity contribution in [3.63, 3.8) is 0 Å². The molecule has 2 aliphatic heterocycles. The lowest BCUT2D eigenvalue weighted by Crippen LogP contribution is -2.45. The topological polar surface area (TPSA) is 34.2 Å². The number of nitrogens with one attached hydrogen (secondary N) is 1. The van der Waals surface area contributed by atoms with Gasteiger partial charge in [-0.2, -0.15) is 0 Å². The monoisotopic (exact) mass is 190 g/mol. The van der Waals surface area contributed by atoms with E-state index in [0.29, 0.717) is 0 Å². The molecular formula is C11H14N2O. The predicted octanol–water partition coefficient (Wildman–Crippen LogP) is 1.14. The summed E-state index contributed by atoms with van der Waals surface area (Å²) in [5.41, 5.74) is 1.33. The van der Waals surface area contributed by atoms with Crippen LogP contribution >= 0.6 is 0 Å². The van der Waals surface area contributed by atoms with Crippen LogP contribution in [-0.2, 0) is 6.42 Å². The Labute approximate surface area is 83.5 Å². The average molecular weight is 190 g/mol. The summed E-state index contributed by atoms with van der Waals surface area (Å²) in [6.07, 6.45) is 5.05. The van der Waals surface area contributed by atoms with Crippen LogP contribution in [0.25, 0.3) is 0 Å². The number of nitrogens with zero attached hydrogens (tertiary/aromatic N) is 1.